The minimum Gasteiger partial charge on any atom is -0.354 e. The van der Waals surface area contributed by atoms with Crippen molar-refractivity contribution in [3.63, 3.8) is 0 Å². The van der Waals surface area contributed by atoms with E-state index in [-0.39, 0.29) is 30.7 Å². The van der Waals surface area contributed by atoms with Gasteiger partial charge in [-0.1, -0.05) is 13.3 Å². The molecule has 1 rings (SSSR count). The summed E-state index contributed by atoms with van der Waals surface area (Å²) in [5.74, 6) is 0.598. The van der Waals surface area contributed by atoms with Gasteiger partial charge in [0.15, 0.2) is 0 Å². The van der Waals surface area contributed by atoms with Crippen molar-refractivity contribution in [1.29, 1.82) is 0 Å². The molecule has 0 aliphatic carbocycles. The zero-order valence-electron chi connectivity index (χ0n) is 15.1. The Morgan fingerprint density at radius 1 is 1.30 bits per heavy atom. The lowest BCUT2D eigenvalue weighted by Crippen LogP contribution is -2.52. The lowest BCUT2D eigenvalue weighted by Gasteiger charge is -2.33. The predicted octanol–water partition coefficient (Wildman–Crippen LogP) is 1.74. The standard InChI is InChI=1S/C16H34N4O.2ClH/c1-5-8-16(2,17)15(21)18-13-14-6-9-20(10-7-14)12-11-19(3)4;;/h14H,5-13,17H2,1-4H3,(H,18,21);2*1H. The first-order valence-electron chi connectivity index (χ1n) is 8.29. The van der Waals surface area contributed by atoms with Crippen molar-refractivity contribution in [2.45, 2.75) is 45.1 Å². The molecule has 1 fully saturated rings. The topological polar surface area (TPSA) is 61.6 Å². The van der Waals surface area contributed by atoms with Gasteiger partial charge in [0.1, 0.15) is 0 Å². The number of carbonyl (C=O) groups excluding carboxylic acids is 1. The van der Waals surface area contributed by atoms with E-state index in [0.717, 1.165) is 45.6 Å². The normalized spacial score (nSPS) is 18.7. The van der Waals surface area contributed by atoms with Crippen LogP contribution >= 0.6 is 24.8 Å². The first-order chi connectivity index (χ1) is 9.85. The van der Waals surface area contributed by atoms with Gasteiger partial charge >= 0.3 is 0 Å². The van der Waals surface area contributed by atoms with Crippen LogP contribution in [0.1, 0.15) is 39.5 Å². The summed E-state index contributed by atoms with van der Waals surface area (Å²) in [5, 5.41) is 3.05. The molecule has 0 bridgehead atoms. The molecule has 140 valence electrons. The number of hydrogen-bond acceptors (Lipinski definition) is 4. The molecule has 1 amide bonds. The van der Waals surface area contributed by atoms with E-state index in [1.165, 1.54) is 12.8 Å². The molecule has 5 nitrogen and oxygen atoms in total. The highest BCUT2D eigenvalue weighted by molar-refractivity contribution is 5.86. The fourth-order valence-corrected chi connectivity index (χ4v) is 2.83. The zero-order chi connectivity index (χ0) is 15.9. The molecule has 7 heteroatoms. The summed E-state index contributed by atoms with van der Waals surface area (Å²) in [6.07, 6.45) is 4.01. The van der Waals surface area contributed by atoms with Crippen LogP contribution < -0.4 is 11.1 Å². The Balaban J connectivity index is 0. The molecule has 1 aliphatic rings. The molecule has 0 aromatic heterocycles. The van der Waals surface area contributed by atoms with E-state index in [0.29, 0.717) is 5.92 Å². The largest absolute Gasteiger partial charge is 0.354 e. The zero-order valence-corrected chi connectivity index (χ0v) is 16.8. The van der Waals surface area contributed by atoms with Crippen molar-refractivity contribution >= 4 is 30.7 Å². The molecule has 23 heavy (non-hydrogen) atoms. The number of piperidine rings is 1. The van der Waals surface area contributed by atoms with E-state index in [9.17, 15) is 4.79 Å². The van der Waals surface area contributed by atoms with E-state index in [2.05, 4.69) is 36.1 Å². The lowest BCUT2D eigenvalue weighted by atomic mass is 9.94. The van der Waals surface area contributed by atoms with Crippen LogP contribution in [0.2, 0.25) is 0 Å². The second-order valence-corrected chi connectivity index (χ2v) is 6.97. The Hall–Kier alpha value is -0.0700. The van der Waals surface area contributed by atoms with Crippen molar-refractivity contribution < 1.29 is 4.79 Å². The Bertz CT molecular complexity index is 319. The monoisotopic (exact) mass is 370 g/mol. The number of carbonyl (C=O) groups is 1. The van der Waals surface area contributed by atoms with Crippen LogP contribution in [0.3, 0.4) is 0 Å². The number of likely N-dealkylation sites (tertiary alicyclic amines) is 1. The fraction of sp³-hybridized carbons (Fsp3) is 0.938. The van der Waals surface area contributed by atoms with Gasteiger partial charge < -0.3 is 20.9 Å². The molecular formula is C16H36Cl2N4O. The molecule has 1 atom stereocenters. The molecule has 1 unspecified atom stereocenters. The molecule has 1 aliphatic heterocycles. The third-order valence-corrected chi connectivity index (χ3v) is 4.41. The number of nitrogens with two attached hydrogens (primary N) is 1. The number of hydrogen-bond donors (Lipinski definition) is 2. The van der Waals surface area contributed by atoms with E-state index < -0.39 is 5.54 Å². The second-order valence-electron chi connectivity index (χ2n) is 6.97. The average molecular weight is 371 g/mol. The third-order valence-electron chi connectivity index (χ3n) is 4.41. The highest BCUT2D eigenvalue weighted by Gasteiger charge is 2.28. The number of nitrogens with one attached hydrogen (secondary N) is 1. The minimum atomic E-state index is -0.721. The number of rotatable bonds is 8. The summed E-state index contributed by atoms with van der Waals surface area (Å²) in [7, 11) is 4.23. The maximum atomic E-state index is 12.1. The summed E-state index contributed by atoms with van der Waals surface area (Å²) >= 11 is 0. The minimum absolute atomic E-state index is 0. The van der Waals surface area contributed by atoms with Gasteiger partial charge in [0.2, 0.25) is 5.91 Å². The molecule has 0 aromatic carbocycles. The molecule has 3 N–H and O–H groups in total. The average Bonchev–Trinajstić information content (AvgIpc) is 2.43. The first kappa shape index (κ1) is 25.2. The van der Waals surface area contributed by atoms with E-state index in [1.54, 1.807) is 0 Å². The van der Waals surface area contributed by atoms with Crippen LogP contribution in [0.4, 0.5) is 0 Å². The Labute approximate surface area is 154 Å². The Kier molecular flexibility index (Phi) is 13.5. The number of nitrogens with zero attached hydrogens (tertiary/aromatic N) is 2. The van der Waals surface area contributed by atoms with Crippen molar-refractivity contribution in [1.82, 2.24) is 15.1 Å². The van der Waals surface area contributed by atoms with Gasteiger partial charge in [-0.2, -0.15) is 0 Å². The Morgan fingerprint density at radius 3 is 2.35 bits per heavy atom. The highest BCUT2D eigenvalue weighted by atomic mass is 35.5. The molecule has 0 saturated carbocycles. The van der Waals surface area contributed by atoms with Crippen molar-refractivity contribution in [3.8, 4) is 0 Å². The van der Waals surface area contributed by atoms with Gasteiger partial charge in [0.25, 0.3) is 0 Å². The van der Waals surface area contributed by atoms with E-state index >= 15 is 0 Å². The van der Waals surface area contributed by atoms with Crippen LogP contribution in [-0.4, -0.2) is 68.1 Å². The summed E-state index contributed by atoms with van der Waals surface area (Å²) in [6.45, 7) is 9.20. The van der Waals surface area contributed by atoms with Gasteiger partial charge in [-0.25, -0.2) is 0 Å². The molecular weight excluding hydrogens is 335 g/mol. The van der Waals surface area contributed by atoms with Gasteiger partial charge in [0, 0.05) is 19.6 Å². The third kappa shape index (κ3) is 9.72. The van der Waals surface area contributed by atoms with E-state index in [1.807, 2.05) is 6.92 Å². The SMILES string of the molecule is CCCC(C)(N)C(=O)NCC1CCN(CCN(C)C)CC1.Cl.Cl. The quantitative estimate of drug-likeness (QED) is 0.682. The number of likely N-dealkylation sites (N-methyl/N-ethyl adjacent to an activating group) is 1. The number of amides is 1. The maximum Gasteiger partial charge on any atom is 0.239 e. The predicted molar refractivity (Wildman–Crippen MR) is 103 cm³/mol. The summed E-state index contributed by atoms with van der Waals surface area (Å²) in [4.78, 5) is 16.8. The smallest absolute Gasteiger partial charge is 0.239 e. The van der Waals surface area contributed by atoms with Gasteiger partial charge in [-0.3, -0.25) is 4.79 Å². The van der Waals surface area contributed by atoms with Crippen molar-refractivity contribution in [3.05, 3.63) is 0 Å². The molecule has 1 saturated heterocycles. The molecule has 1 heterocycles. The van der Waals surface area contributed by atoms with Crippen molar-refractivity contribution in [2.24, 2.45) is 11.7 Å². The summed E-state index contributed by atoms with van der Waals surface area (Å²) < 4.78 is 0. The van der Waals surface area contributed by atoms with E-state index in [4.69, 9.17) is 5.73 Å². The fourth-order valence-electron chi connectivity index (χ4n) is 2.83. The maximum absolute atomic E-state index is 12.1. The van der Waals surface area contributed by atoms with Gasteiger partial charge in [-0.05, 0) is 59.3 Å². The van der Waals surface area contributed by atoms with Crippen LogP contribution in [0.5, 0.6) is 0 Å². The molecule has 0 aromatic rings. The van der Waals surface area contributed by atoms with Crippen molar-refractivity contribution in [2.75, 3.05) is 46.8 Å². The molecule has 0 spiro atoms. The van der Waals surface area contributed by atoms with Gasteiger partial charge in [-0.15, -0.1) is 24.8 Å². The highest BCUT2D eigenvalue weighted by Crippen LogP contribution is 2.16. The summed E-state index contributed by atoms with van der Waals surface area (Å²) in [6, 6.07) is 0. The summed E-state index contributed by atoms with van der Waals surface area (Å²) in [5.41, 5.74) is 5.33. The number of halogens is 2. The molecule has 0 radical (unpaired) electrons. The van der Waals surface area contributed by atoms with Gasteiger partial charge in [0.05, 0.1) is 5.54 Å². The second kappa shape index (κ2) is 12.3. The van der Waals surface area contributed by atoms with Crippen LogP contribution in [0.25, 0.3) is 0 Å². The van der Waals surface area contributed by atoms with Crippen LogP contribution in [0.15, 0.2) is 0 Å². The van der Waals surface area contributed by atoms with Crippen LogP contribution in [0, 0.1) is 5.92 Å². The first-order valence-corrected chi connectivity index (χ1v) is 8.29. The Morgan fingerprint density at radius 2 is 1.87 bits per heavy atom. The van der Waals surface area contributed by atoms with Crippen LogP contribution in [-0.2, 0) is 4.79 Å². The lowest BCUT2D eigenvalue weighted by molar-refractivity contribution is -0.126.